The summed E-state index contributed by atoms with van der Waals surface area (Å²) >= 11 is 0. The molecule has 0 atom stereocenters. The second kappa shape index (κ2) is 4.45. The standard InChI is InChI=1S/C6H9NO4/c7-5(9)3-4(1-2-8)6(10)11/h3,8H,1-2H2,(H2,7,9)(H,10,11)/b4-3-. The summed E-state index contributed by atoms with van der Waals surface area (Å²) in [6.45, 7) is -0.314. The Labute approximate surface area is 63.1 Å². The van der Waals surface area contributed by atoms with E-state index in [4.69, 9.17) is 15.9 Å². The molecule has 0 aromatic rings. The van der Waals surface area contributed by atoms with Crippen LogP contribution >= 0.6 is 0 Å². The molecule has 0 radical (unpaired) electrons. The predicted molar refractivity (Wildman–Crippen MR) is 36.6 cm³/mol. The summed E-state index contributed by atoms with van der Waals surface area (Å²) in [6, 6.07) is 0. The van der Waals surface area contributed by atoms with Crippen LogP contribution in [0.2, 0.25) is 0 Å². The lowest BCUT2D eigenvalue weighted by Crippen LogP contribution is -2.11. The predicted octanol–water partition coefficient (Wildman–Crippen LogP) is -1.13. The number of carboxylic acid groups (broad SMARTS) is 1. The molecule has 0 heterocycles. The number of aliphatic hydroxyl groups excluding tert-OH is 1. The number of hydrogen-bond acceptors (Lipinski definition) is 3. The first-order chi connectivity index (χ1) is 5.07. The van der Waals surface area contributed by atoms with Gasteiger partial charge in [0.05, 0.1) is 0 Å². The molecule has 5 heteroatoms. The Kier molecular flexibility index (Phi) is 3.90. The van der Waals surface area contributed by atoms with Gasteiger partial charge < -0.3 is 15.9 Å². The number of carboxylic acids is 1. The normalized spacial score (nSPS) is 11.2. The number of aliphatic hydroxyl groups is 1. The summed E-state index contributed by atoms with van der Waals surface area (Å²) in [5.74, 6) is -2.06. The number of aliphatic carboxylic acids is 1. The molecule has 0 rings (SSSR count). The zero-order valence-electron chi connectivity index (χ0n) is 5.78. The maximum atomic E-state index is 10.2. The Morgan fingerprint density at radius 1 is 1.45 bits per heavy atom. The van der Waals surface area contributed by atoms with Crippen LogP contribution in [0.5, 0.6) is 0 Å². The largest absolute Gasteiger partial charge is 0.478 e. The molecule has 0 saturated carbocycles. The monoisotopic (exact) mass is 159 g/mol. The topological polar surface area (TPSA) is 101 Å². The second-order valence-corrected chi connectivity index (χ2v) is 1.85. The molecule has 0 bridgehead atoms. The fraction of sp³-hybridized carbons (Fsp3) is 0.333. The van der Waals surface area contributed by atoms with Gasteiger partial charge >= 0.3 is 5.97 Å². The Bertz CT molecular complexity index is 197. The van der Waals surface area contributed by atoms with Gasteiger partial charge in [-0.3, -0.25) is 4.79 Å². The molecule has 0 aromatic carbocycles. The molecule has 0 unspecified atom stereocenters. The quantitative estimate of drug-likeness (QED) is 0.451. The smallest absolute Gasteiger partial charge is 0.331 e. The highest BCUT2D eigenvalue weighted by molar-refractivity contribution is 5.96. The lowest BCUT2D eigenvalue weighted by atomic mass is 10.2. The van der Waals surface area contributed by atoms with Gasteiger partial charge in [-0.2, -0.15) is 0 Å². The highest BCUT2D eigenvalue weighted by atomic mass is 16.4. The zero-order valence-corrected chi connectivity index (χ0v) is 5.78. The van der Waals surface area contributed by atoms with Crippen molar-refractivity contribution < 1.29 is 19.8 Å². The first-order valence-electron chi connectivity index (χ1n) is 2.92. The summed E-state index contributed by atoms with van der Waals surface area (Å²) < 4.78 is 0. The average molecular weight is 159 g/mol. The third kappa shape index (κ3) is 4.10. The van der Waals surface area contributed by atoms with E-state index >= 15 is 0 Å². The van der Waals surface area contributed by atoms with Crippen LogP contribution in [-0.2, 0) is 9.59 Å². The molecular formula is C6H9NO4. The van der Waals surface area contributed by atoms with Crippen molar-refractivity contribution in [1.82, 2.24) is 0 Å². The Hall–Kier alpha value is -1.36. The minimum absolute atomic E-state index is 0.0712. The van der Waals surface area contributed by atoms with Crippen molar-refractivity contribution in [2.75, 3.05) is 6.61 Å². The molecule has 5 nitrogen and oxygen atoms in total. The summed E-state index contributed by atoms with van der Waals surface area (Å²) in [5, 5.41) is 16.7. The molecule has 0 saturated heterocycles. The molecule has 0 aromatic heterocycles. The van der Waals surface area contributed by atoms with Crippen molar-refractivity contribution in [3.63, 3.8) is 0 Å². The first kappa shape index (κ1) is 9.64. The molecule has 0 spiro atoms. The molecule has 1 amide bonds. The summed E-state index contributed by atoms with van der Waals surface area (Å²) in [7, 11) is 0. The third-order valence-corrected chi connectivity index (χ3v) is 0.972. The van der Waals surface area contributed by atoms with Gasteiger partial charge in [0.1, 0.15) is 0 Å². The van der Waals surface area contributed by atoms with Crippen molar-refractivity contribution >= 4 is 11.9 Å². The van der Waals surface area contributed by atoms with Crippen molar-refractivity contribution in [3.05, 3.63) is 11.6 Å². The van der Waals surface area contributed by atoms with E-state index in [0.29, 0.717) is 0 Å². The number of nitrogens with two attached hydrogens (primary N) is 1. The van der Waals surface area contributed by atoms with Gasteiger partial charge in [0.15, 0.2) is 0 Å². The van der Waals surface area contributed by atoms with E-state index in [1.54, 1.807) is 0 Å². The van der Waals surface area contributed by atoms with Gasteiger partial charge in [-0.05, 0) is 0 Å². The number of hydrogen-bond donors (Lipinski definition) is 3. The zero-order chi connectivity index (χ0) is 8.85. The molecule has 62 valence electrons. The fourth-order valence-electron chi connectivity index (χ4n) is 0.533. The van der Waals surface area contributed by atoms with Gasteiger partial charge in [-0.15, -0.1) is 0 Å². The summed E-state index contributed by atoms with van der Waals surface area (Å²) in [4.78, 5) is 20.4. The van der Waals surface area contributed by atoms with Crippen LogP contribution in [-0.4, -0.2) is 28.7 Å². The molecular weight excluding hydrogens is 150 g/mol. The number of carbonyl (C=O) groups excluding carboxylic acids is 1. The number of amides is 1. The minimum Gasteiger partial charge on any atom is -0.478 e. The van der Waals surface area contributed by atoms with Gasteiger partial charge in [-0.1, -0.05) is 0 Å². The average Bonchev–Trinajstić information content (AvgIpc) is 1.86. The lowest BCUT2D eigenvalue weighted by molar-refractivity contribution is -0.133. The van der Waals surface area contributed by atoms with Crippen LogP contribution in [0, 0.1) is 0 Å². The van der Waals surface area contributed by atoms with Gasteiger partial charge in [0.2, 0.25) is 5.91 Å². The number of primary amides is 1. The van der Waals surface area contributed by atoms with Crippen molar-refractivity contribution in [3.8, 4) is 0 Å². The van der Waals surface area contributed by atoms with Crippen molar-refractivity contribution in [2.45, 2.75) is 6.42 Å². The van der Waals surface area contributed by atoms with Gasteiger partial charge in [-0.25, -0.2) is 4.79 Å². The Morgan fingerprint density at radius 3 is 2.27 bits per heavy atom. The minimum atomic E-state index is -1.24. The van der Waals surface area contributed by atoms with Crippen molar-refractivity contribution in [1.29, 1.82) is 0 Å². The van der Waals surface area contributed by atoms with E-state index in [-0.39, 0.29) is 18.6 Å². The molecule has 0 aliphatic rings. The highest BCUT2D eigenvalue weighted by Crippen LogP contribution is 1.99. The van der Waals surface area contributed by atoms with Gasteiger partial charge in [0.25, 0.3) is 0 Å². The lowest BCUT2D eigenvalue weighted by Gasteiger charge is -1.95. The van der Waals surface area contributed by atoms with E-state index in [9.17, 15) is 9.59 Å². The number of rotatable bonds is 4. The van der Waals surface area contributed by atoms with Crippen molar-refractivity contribution in [2.24, 2.45) is 5.73 Å². The fourth-order valence-corrected chi connectivity index (χ4v) is 0.533. The summed E-state index contributed by atoms with van der Waals surface area (Å²) in [6.07, 6.45) is 0.719. The van der Waals surface area contributed by atoms with Crippen LogP contribution < -0.4 is 5.73 Å². The maximum absolute atomic E-state index is 10.2. The van der Waals surface area contributed by atoms with E-state index in [0.717, 1.165) is 6.08 Å². The molecule has 11 heavy (non-hydrogen) atoms. The molecule has 0 fully saturated rings. The molecule has 4 N–H and O–H groups in total. The van der Waals surface area contributed by atoms with Crippen LogP contribution in [0.25, 0.3) is 0 Å². The summed E-state index contributed by atoms with van der Waals surface area (Å²) in [5.41, 5.74) is 4.52. The van der Waals surface area contributed by atoms with Crippen LogP contribution in [0.1, 0.15) is 6.42 Å². The second-order valence-electron chi connectivity index (χ2n) is 1.85. The van der Waals surface area contributed by atoms with E-state index in [2.05, 4.69) is 0 Å². The van der Waals surface area contributed by atoms with Gasteiger partial charge in [0, 0.05) is 24.7 Å². The maximum Gasteiger partial charge on any atom is 0.331 e. The first-order valence-corrected chi connectivity index (χ1v) is 2.92. The van der Waals surface area contributed by atoms with E-state index in [1.807, 2.05) is 0 Å². The Balaban J connectivity index is 4.32. The van der Waals surface area contributed by atoms with E-state index in [1.165, 1.54) is 0 Å². The third-order valence-electron chi connectivity index (χ3n) is 0.972. The SMILES string of the molecule is NC(=O)/C=C(/CCO)C(=O)O. The number of carbonyl (C=O) groups is 2. The van der Waals surface area contributed by atoms with Crippen LogP contribution in [0.15, 0.2) is 11.6 Å². The Morgan fingerprint density at radius 2 is 2.00 bits per heavy atom. The molecule has 0 aliphatic carbocycles. The van der Waals surface area contributed by atoms with E-state index < -0.39 is 11.9 Å². The van der Waals surface area contributed by atoms with Crippen LogP contribution in [0.3, 0.4) is 0 Å². The highest BCUT2D eigenvalue weighted by Gasteiger charge is 2.06. The van der Waals surface area contributed by atoms with Crippen LogP contribution in [0.4, 0.5) is 0 Å². The molecule has 0 aliphatic heterocycles.